The maximum Gasteiger partial charge on any atom is 0.161 e. The highest BCUT2D eigenvalue weighted by molar-refractivity contribution is 9.09. The van der Waals surface area contributed by atoms with Gasteiger partial charge in [0.2, 0.25) is 0 Å². The highest BCUT2D eigenvalue weighted by atomic mass is 79.9. The first kappa shape index (κ1) is 14.8. The third kappa shape index (κ3) is 2.93. The number of alkyl halides is 1. The van der Waals surface area contributed by atoms with Crippen LogP contribution < -0.4 is 9.47 Å². The monoisotopic (exact) mass is 342 g/mol. The van der Waals surface area contributed by atoms with Crippen molar-refractivity contribution < 1.29 is 18.3 Å². The Labute approximate surface area is 124 Å². The standard InChI is InChI=1S/C15H13BrF2O2/c1-19-13-6-4-10(8-14(13)20-2)15(16)9-3-5-11(17)12(18)7-9/h3-8,15H,1-2H3. The predicted octanol–water partition coefficient (Wildman–Crippen LogP) is 4.47. The number of hydrogen-bond acceptors (Lipinski definition) is 2. The Balaban J connectivity index is 2.37. The van der Waals surface area contributed by atoms with E-state index in [4.69, 9.17) is 9.47 Å². The lowest BCUT2D eigenvalue weighted by molar-refractivity contribution is 0.354. The summed E-state index contributed by atoms with van der Waals surface area (Å²) < 4.78 is 36.6. The van der Waals surface area contributed by atoms with Gasteiger partial charge in [0.05, 0.1) is 19.0 Å². The van der Waals surface area contributed by atoms with E-state index in [2.05, 4.69) is 15.9 Å². The van der Waals surface area contributed by atoms with Gasteiger partial charge < -0.3 is 9.47 Å². The van der Waals surface area contributed by atoms with Gasteiger partial charge in [-0.3, -0.25) is 0 Å². The molecule has 2 rings (SSSR count). The summed E-state index contributed by atoms with van der Waals surface area (Å²) >= 11 is 3.48. The van der Waals surface area contributed by atoms with Crippen LogP contribution in [0.1, 0.15) is 16.0 Å². The van der Waals surface area contributed by atoms with Crippen LogP contribution in [0.25, 0.3) is 0 Å². The lowest BCUT2D eigenvalue weighted by Gasteiger charge is -2.14. The third-order valence-electron chi connectivity index (χ3n) is 2.94. The Bertz CT molecular complexity index is 617. The molecule has 2 aromatic rings. The molecule has 0 spiro atoms. The van der Waals surface area contributed by atoms with Crippen molar-refractivity contribution in [3.05, 3.63) is 59.2 Å². The molecule has 5 heteroatoms. The molecule has 106 valence electrons. The van der Waals surface area contributed by atoms with Crippen LogP contribution in [0.2, 0.25) is 0 Å². The molecule has 2 nitrogen and oxygen atoms in total. The van der Waals surface area contributed by atoms with Crippen LogP contribution in [0.15, 0.2) is 36.4 Å². The molecule has 0 heterocycles. The molecule has 1 atom stereocenters. The minimum Gasteiger partial charge on any atom is -0.493 e. The van der Waals surface area contributed by atoms with Gasteiger partial charge in [0.15, 0.2) is 23.1 Å². The van der Waals surface area contributed by atoms with E-state index in [9.17, 15) is 8.78 Å². The van der Waals surface area contributed by atoms with Gasteiger partial charge >= 0.3 is 0 Å². The average molecular weight is 343 g/mol. The van der Waals surface area contributed by atoms with Gasteiger partial charge in [0, 0.05) is 0 Å². The van der Waals surface area contributed by atoms with Crippen LogP contribution in [0.4, 0.5) is 8.78 Å². The molecule has 20 heavy (non-hydrogen) atoms. The normalized spacial score (nSPS) is 12.1. The molecule has 0 aliphatic rings. The van der Waals surface area contributed by atoms with E-state index < -0.39 is 11.6 Å². The molecule has 0 aromatic heterocycles. The molecule has 0 bridgehead atoms. The molecular formula is C15H13BrF2O2. The van der Waals surface area contributed by atoms with Crippen LogP contribution in [-0.4, -0.2) is 14.2 Å². The Morgan fingerprint density at radius 2 is 1.45 bits per heavy atom. The van der Waals surface area contributed by atoms with Crippen molar-refractivity contribution in [2.75, 3.05) is 14.2 Å². The topological polar surface area (TPSA) is 18.5 Å². The summed E-state index contributed by atoms with van der Waals surface area (Å²) in [7, 11) is 3.10. The molecule has 0 amide bonds. The fourth-order valence-corrected chi connectivity index (χ4v) is 2.44. The van der Waals surface area contributed by atoms with Gasteiger partial charge in [0.1, 0.15) is 0 Å². The lowest BCUT2D eigenvalue weighted by Crippen LogP contribution is -1.97. The summed E-state index contributed by atoms with van der Waals surface area (Å²) in [6.45, 7) is 0. The van der Waals surface area contributed by atoms with Crippen LogP contribution in [-0.2, 0) is 0 Å². The number of benzene rings is 2. The minimum absolute atomic E-state index is 0.266. The van der Waals surface area contributed by atoms with Crippen LogP contribution in [0.3, 0.4) is 0 Å². The molecular weight excluding hydrogens is 330 g/mol. The summed E-state index contributed by atoms with van der Waals surface area (Å²) in [6, 6.07) is 9.21. The minimum atomic E-state index is -0.868. The van der Waals surface area contributed by atoms with E-state index in [1.165, 1.54) is 12.1 Å². The summed E-state index contributed by atoms with van der Waals surface area (Å²) in [6.07, 6.45) is 0. The number of ether oxygens (including phenoxy) is 2. The van der Waals surface area contributed by atoms with E-state index in [-0.39, 0.29) is 4.83 Å². The molecule has 2 aromatic carbocycles. The second-order valence-corrected chi connectivity index (χ2v) is 5.07. The molecule has 0 saturated heterocycles. The van der Waals surface area contributed by atoms with Gasteiger partial charge in [-0.1, -0.05) is 28.1 Å². The number of hydrogen-bond donors (Lipinski definition) is 0. The number of methoxy groups -OCH3 is 2. The summed E-state index contributed by atoms with van der Waals surface area (Å²) in [5, 5.41) is 0. The molecule has 0 aliphatic carbocycles. The van der Waals surface area contributed by atoms with E-state index in [1.54, 1.807) is 26.4 Å². The molecule has 0 fully saturated rings. The first-order chi connectivity index (χ1) is 9.56. The highest BCUT2D eigenvalue weighted by Gasteiger charge is 2.15. The van der Waals surface area contributed by atoms with Gasteiger partial charge in [0.25, 0.3) is 0 Å². The SMILES string of the molecule is COc1ccc(C(Br)c2ccc(F)c(F)c2)cc1OC. The third-order valence-corrected chi connectivity index (χ3v) is 3.99. The fourth-order valence-electron chi connectivity index (χ4n) is 1.87. The second-order valence-electron chi connectivity index (χ2n) is 4.15. The van der Waals surface area contributed by atoms with Crippen molar-refractivity contribution in [2.45, 2.75) is 4.83 Å². The summed E-state index contributed by atoms with van der Waals surface area (Å²) in [5.41, 5.74) is 1.48. The van der Waals surface area contributed by atoms with E-state index in [1.807, 2.05) is 6.07 Å². The number of halogens is 3. The van der Waals surface area contributed by atoms with Gasteiger partial charge in [-0.05, 0) is 35.4 Å². The zero-order valence-corrected chi connectivity index (χ0v) is 12.6. The van der Waals surface area contributed by atoms with Crippen molar-refractivity contribution in [2.24, 2.45) is 0 Å². The highest BCUT2D eigenvalue weighted by Crippen LogP contribution is 2.36. The molecule has 0 saturated carbocycles. The quantitative estimate of drug-likeness (QED) is 0.763. The molecule has 0 radical (unpaired) electrons. The van der Waals surface area contributed by atoms with Crippen LogP contribution in [0.5, 0.6) is 11.5 Å². The Hall–Kier alpha value is -1.62. The Morgan fingerprint density at radius 1 is 0.850 bits per heavy atom. The second kappa shape index (κ2) is 6.22. The number of rotatable bonds is 4. The molecule has 0 aliphatic heterocycles. The summed E-state index contributed by atoms with van der Waals surface area (Å²) in [5.74, 6) is -0.536. The largest absolute Gasteiger partial charge is 0.493 e. The van der Waals surface area contributed by atoms with Crippen molar-refractivity contribution >= 4 is 15.9 Å². The Kier molecular flexibility index (Phi) is 4.60. The average Bonchev–Trinajstić information content (AvgIpc) is 2.48. The van der Waals surface area contributed by atoms with E-state index in [0.29, 0.717) is 17.1 Å². The smallest absolute Gasteiger partial charge is 0.161 e. The van der Waals surface area contributed by atoms with E-state index in [0.717, 1.165) is 11.6 Å². The molecule has 0 N–H and O–H groups in total. The van der Waals surface area contributed by atoms with Crippen molar-refractivity contribution in [1.29, 1.82) is 0 Å². The Morgan fingerprint density at radius 3 is 2.05 bits per heavy atom. The van der Waals surface area contributed by atoms with Crippen LogP contribution >= 0.6 is 15.9 Å². The van der Waals surface area contributed by atoms with Gasteiger partial charge in [-0.2, -0.15) is 0 Å². The molecule has 1 unspecified atom stereocenters. The van der Waals surface area contributed by atoms with Crippen molar-refractivity contribution in [3.8, 4) is 11.5 Å². The van der Waals surface area contributed by atoms with Crippen LogP contribution in [0, 0.1) is 11.6 Å². The summed E-state index contributed by atoms with van der Waals surface area (Å²) in [4.78, 5) is -0.266. The van der Waals surface area contributed by atoms with Gasteiger partial charge in [-0.25, -0.2) is 8.78 Å². The maximum absolute atomic E-state index is 13.3. The maximum atomic E-state index is 13.3. The van der Waals surface area contributed by atoms with Crippen molar-refractivity contribution in [1.82, 2.24) is 0 Å². The zero-order valence-electron chi connectivity index (χ0n) is 11.0. The first-order valence-corrected chi connectivity index (χ1v) is 6.79. The fraction of sp³-hybridized carbons (Fsp3) is 0.200. The lowest BCUT2D eigenvalue weighted by atomic mass is 10.0. The van der Waals surface area contributed by atoms with Crippen molar-refractivity contribution in [3.63, 3.8) is 0 Å². The van der Waals surface area contributed by atoms with E-state index >= 15 is 0 Å². The predicted molar refractivity (Wildman–Crippen MR) is 76.7 cm³/mol. The zero-order chi connectivity index (χ0) is 14.7. The first-order valence-electron chi connectivity index (χ1n) is 5.87. The van der Waals surface area contributed by atoms with Gasteiger partial charge in [-0.15, -0.1) is 0 Å².